The zero-order valence-corrected chi connectivity index (χ0v) is 10.8. The lowest BCUT2D eigenvalue weighted by Crippen LogP contribution is -2.24. The summed E-state index contributed by atoms with van der Waals surface area (Å²) < 4.78 is 4.78. The first-order valence-electron chi connectivity index (χ1n) is 5.77. The van der Waals surface area contributed by atoms with Crippen LogP contribution < -0.4 is 5.32 Å². The molecule has 1 amide bonds. The molecular formula is C14H19NO3. The van der Waals surface area contributed by atoms with E-state index in [1.54, 1.807) is 13.8 Å². The van der Waals surface area contributed by atoms with E-state index in [1.165, 1.54) is 6.08 Å². The van der Waals surface area contributed by atoms with Gasteiger partial charge in [0, 0.05) is 6.54 Å². The summed E-state index contributed by atoms with van der Waals surface area (Å²) in [5, 5.41) is 12.4. The van der Waals surface area contributed by atoms with Gasteiger partial charge < -0.3 is 15.2 Å². The van der Waals surface area contributed by atoms with Crippen LogP contribution in [0.3, 0.4) is 0 Å². The van der Waals surface area contributed by atoms with Gasteiger partial charge in [0.05, 0.1) is 5.60 Å². The van der Waals surface area contributed by atoms with Gasteiger partial charge in [0.15, 0.2) is 0 Å². The first-order valence-corrected chi connectivity index (χ1v) is 5.77. The van der Waals surface area contributed by atoms with E-state index in [2.05, 4.69) is 11.9 Å². The molecule has 0 radical (unpaired) electrons. The van der Waals surface area contributed by atoms with Crippen molar-refractivity contribution >= 4 is 6.09 Å². The van der Waals surface area contributed by atoms with Gasteiger partial charge in [-0.1, -0.05) is 36.9 Å². The van der Waals surface area contributed by atoms with Gasteiger partial charge in [-0.15, -0.1) is 0 Å². The molecule has 0 aromatic heterocycles. The summed E-state index contributed by atoms with van der Waals surface area (Å²) in [5.41, 5.74) is 0.925. The van der Waals surface area contributed by atoms with Crippen molar-refractivity contribution in [1.29, 1.82) is 0 Å². The SMILES string of the molecule is C=CCOC(=O)NCc1ccc(C(C)(C)O)cc1. The summed E-state index contributed by atoms with van der Waals surface area (Å²) in [6.45, 7) is 7.50. The van der Waals surface area contributed by atoms with Gasteiger partial charge in [-0.05, 0) is 25.0 Å². The van der Waals surface area contributed by atoms with Crippen LogP contribution in [0.5, 0.6) is 0 Å². The van der Waals surface area contributed by atoms with Crippen molar-refractivity contribution in [2.24, 2.45) is 0 Å². The van der Waals surface area contributed by atoms with E-state index in [-0.39, 0.29) is 6.61 Å². The van der Waals surface area contributed by atoms with Crippen LogP contribution in [0.25, 0.3) is 0 Å². The minimum Gasteiger partial charge on any atom is -0.445 e. The maximum absolute atomic E-state index is 11.2. The number of aliphatic hydroxyl groups is 1. The maximum Gasteiger partial charge on any atom is 0.407 e. The third kappa shape index (κ3) is 4.59. The van der Waals surface area contributed by atoms with Crippen LogP contribution in [-0.4, -0.2) is 17.8 Å². The summed E-state index contributed by atoms with van der Waals surface area (Å²) >= 11 is 0. The van der Waals surface area contributed by atoms with Gasteiger partial charge in [0.1, 0.15) is 6.61 Å². The average molecular weight is 249 g/mol. The lowest BCUT2D eigenvalue weighted by molar-refractivity contribution is 0.0786. The molecule has 4 heteroatoms. The van der Waals surface area contributed by atoms with Crippen LogP contribution in [-0.2, 0) is 16.9 Å². The lowest BCUT2D eigenvalue weighted by Gasteiger charge is -2.17. The third-order valence-corrected chi connectivity index (χ3v) is 2.43. The number of rotatable bonds is 5. The van der Waals surface area contributed by atoms with E-state index in [0.29, 0.717) is 6.54 Å². The predicted octanol–water partition coefficient (Wildman–Crippen LogP) is 2.33. The molecule has 0 aliphatic heterocycles. The average Bonchev–Trinajstić information content (AvgIpc) is 2.33. The molecule has 0 heterocycles. The van der Waals surface area contributed by atoms with Gasteiger partial charge >= 0.3 is 6.09 Å². The van der Waals surface area contributed by atoms with Crippen molar-refractivity contribution < 1.29 is 14.6 Å². The lowest BCUT2D eigenvalue weighted by atomic mass is 9.97. The van der Waals surface area contributed by atoms with Gasteiger partial charge in [0.2, 0.25) is 0 Å². The number of ether oxygens (including phenoxy) is 1. The molecular weight excluding hydrogens is 230 g/mol. The molecule has 2 N–H and O–H groups in total. The number of amides is 1. The van der Waals surface area contributed by atoms with E-state index in [0.717, 1.165) is 11.1 Å². The van der Waals surface area contributed by atoms with Gasteiger partial charge in [-0.3, -0.25) is 0 Å². The number of hydrogen-bond acceptors (Lipinski definition) is 3. The summed E-state index contributed by atoms with van der Waals surface area (Å²) in [5.74, 6) is 0. The quantitative estimate of drug-likeness (QED) is 0.787. The van der Waals surface area contributed by atoms with Crippen LogP contribution in [0.15, 0.2) is 36.9 Å². The Morgan fingerprint density at radius 1 is 1.44 bits per heavy atom. The van der Waals surface area contributed by atoms with E-state index in [1.807, 2.05) is 24.3 Å². The summed E-state index contributed by atoms with van der Waals surface area (Å²) in [6, 6.07) is 7.40. The van der Waals surface area contributed by atoms with Crippen molar-refractivity contribution in [3.63, 3.8) is 0 Å². The second kappa shape index (κ2) is 6.21. The Kier molecular flexibility index (Phi) is 4.92. The highest BCUT2D eigenvalue weighted by molar-refractivity contribution is 5.67. The molecule has 98 valence electrons. The topological polar surface area (TPSA) is 58.6 Å². The zero-order chi connectivity index (χ0) is 13.6. The van der Waals surface area contributed by atoms with Gasteiger partial charge in [0.25, 0.3) is 0 Å². The van der Waals surface area contributed by atoms with Crippen LogP contribution >= 0.6 is 0 Å². The van der Waals surface area contributed by atoms with E-state index >= 15 is 0 Å². The standard InChI is InChI=1S/C14H19NO3/c1-4-9-18-13(16)15-10-11-5-7-12(8-6-11)14(2,3)17/h4-8,17H,1,9-10H2,2-3H3,(H,15,16). The molecule has 0 saturated heterocycles. The fraction of sp³-hybridized carbons (Fsp3) is 0.357. The molecule has 0 unspecified atom stereocenters. The zero-order valence-electron chi connectivity index (χ0n) is 10.8. The Balaban J connectivity index is 2.49. The molecule has 0 spiro atoms. The first kappa shape index (κ1) is 14.3. The van der Waals surface area contributed by atoms with E-state index < -0.39 is 11.7 Å². The Labute approximate surface area is 107 Å². The normalized spacial score (nSPS) is 10.8. The molecule has 4 nitrogen and oxygen atoms in total. The van der Waals surface area contributed by atoms with Crippen LogP contribution in [0.2, 0.25) is 0 Å². The summed E-state index contributed by atoms with van der Waals surface area (Å²) in [7, 11) is 0. The minimum absolute atomic E-state index is 0.198. The molecule has 0 saturated carbocycles. The predicted molar refractivity (Wildman–Crippen MR) is 70.1 cm³/mol. The molecule has 1 aromatic rings. The number of alkyl carbamates (subject to hydrolysis) is 1. The van der Waals surface area contributed by atoms with Crippen molar-refractivity contribution in [2.75, 3.05) is 6.61 Å². The number of carbonyl (C=O) groups is 1. The Morgan fingerprint density at radius 3 is 2.56 bits per heavy atom. The Bertz CT molecular complexity index is 404. The molecule has 1 rings (SSSR count). The molecule has 18 heavy (non-hydrogen) atoms. The number of nitrogens with one attached hydrogen (secondary N) is 1. The Hall–Kier alpha value is -1.81. The van der Waals surface area contributed by atoms with Crippen LogP contribution in [0.4, 0.5) is 4.79 Å². The molecule has 0 aliphatic carbocycles. The summed E-state index contributed by atoms with van der Waals surface area (Å²) in [6.07, 6.45) is 1.04. The van der Waals surface area contributed by atoms with Crippen LogP contribution in [0, 0.1) is 0 Å². The largest absolute Gasteiger partial charge is 0.445 e. The van der Waals surface area contributed by atoms with E-state index in [4.69, 9.17) is 4.74 Å². The fourth-order valence-electron chi connectivity index (χ4n) is 1.39. The highest BCUT2D eigenvalue weighted by Gasteiger charge is 2.15. The van der Waals surface area contributed by atoms with Crippen molar-refractivity contribution in [3.8, 4) is 0 Å². The van der Waals surface area contributed by atoms with Gasteiger partial charge in [-0.2, -0.15) is 0 Å². The second-order valence-corrected chi connectivity index (χ2v) is 4.50. The summed E-state index contributed by atoms with van der Waals surface area (Å²) in [4.78, 5) is 11.2. The third-order valence-electron chi connectivity index (χ3n) is 2.43. The number of benzene rings is 1. The highest BCUT2D eigenvalue weighted by atomic mass is 16.5. The highest BCUT2D eigenvalue weighted by Crippen LogP contribution is 2.19. The van der Waals surface area contributed by atoms with Gasteiger partial charge in [-0.25, -0.2) is 4.79 Å². The fourth-order valence-corrected chi connectivity index (χ4v) is 1.39. The molecule has 0 atom stereocenters. The van der Waals surface area contributed by atoms with E-state index in [9.17, 15) is 9.90 Å². The molecule has 1 aromatic carbocycles. The smallest absolute Gasteiger partial charge is 0.407 e. The van der Waals surface area contributed by atoms with Crippen molar-refractivity contribution in [1.82, 2.24) is 5.32 Å². The molecule has 0 bridgehead atoms. The second-order valence-electron chi connectivity index (χ2n) is 4.50. The number of hydrogen-bond donors (Lipinski definition) is 2. The molecule has 0 fully saturated rings. The monoisotopic (exact) mass is 249 g/mol. The maximum atomic E-state index is 11.2. The Morgan fingerprint density at radius 2 is 2.06 bits per heavy atom. The minimum atomic E-state index is -0.852. The number of carbonyl (C=O) groups excluding carboxylic acids is 1. The van der Waals surface area contributed by atoms with Crippen molar-refractivity contribution in [3.05, 3.63) is 48.0 Å². The van der Waals surface area contributed by atoms with Crippen molar-refractivity contribution in [2.45, 2.75) is 26.0 Å². The first-order chi connectivity index (χ1) is 8.43. The molecule has 0 aliphatic rings. The van der Waals surface area contributed by atoms with Crippen LogP contribution in [0.1, 0.15) is 25.0 Å².